The number of piperidine rings is 1. The van der Waals surface area contributed by atoms with Gasteiger partial charge < -0.3 is 29.7 Å². The Morgan fingerprint density at radius 2 is 1.85 bits per heavy atom. The molecule has 1 aliphatic heterocycles. The van der Waals surface area contributed by atoms with Crippen LogP contribution in [0.4, 0.5) is 20.6 Å². The van der Waals surface area contributed by atoms with Crippen molar-refractivity contribution in [3.05, 3.63) is 59.4 Å². The molecule has 0 atom stereocenters. The zero-order chi connectivity index (χ0) is 28.1. The summed E-state index contributed by atoms with van der Waals surface area (Å²) in [6.07, 6.45) is 4.46. The zero-order valence-corrected chi connectivity index (χ0v) is 23.2. The summed E-state index contributed by atoms with van der Waals surface area (Å²) in [6, 6.07) is 7.07. The molecular formula is C29H35FN6O3. The lowest BCUT2D eigenvalue weighted by Gasteiger charge is -2.41. The lowest BCUT2D eigenvalue weighted by atomic mass is 9.89. The van der Waals surface area contributed by atoms with Gasteiger partial charge in [-0.3, -0.25) is 4.79 Å². The van der Waals surface area contributed by atoms with E-state index in [9.17, 15) is 14.0 Å². The third-order valence-corrected chi connectivity index (χ3v) is 7.05. The number of anilines is 2. The van der Waals surface area contributed by atoms with Gasteiger partial charge in [0.2, 0.25) is 0 Å². The zero-order valence-electron chi connectivity index (χ0n) is 23.2. The lowest BCUT2D eigenvalue weighted by molar-refractivity contribution is 0.0448. The van der Waals surface area contributed by atoms with Crippen LogP contribution in [0.5, 0.6) is 0 Å². The van der Waals surface area contributed by atoms with Gasteiger partial charge in [-0.05, 0) is 72.6 Å². The van der Waals surface area contributed by atoms with Crippen molar-refractivity contribution in [2.75, 3.05) is 23.3 Å². The maximum Gasteiger partial charge on any atom is 0.408 e. The number of rotatable bonds is 4. The first kappa shape index (κ1) is 26.5. The average Bonchev–Trinajstić information content (AvgIpc) is 3.39. The Hall–Kier alpha value is -4.08. The summed E-state index contributed by atoms with van der Waals surface area (Å²) in [5.74, 6) is -0.841. The summed E-state index contributed by atoms with van der Waals surface area (Å²) in [4.78, 5) is 35.5. The largest absolute Gasteiger partial charge is 0.444 e. The molecular weight excluding hydrogens is 499 g/mol. The molecule has 9 nitrogen and oxygen atoms in total. The molecule has 3 aromatic heterocycles. The Morgan fingerprint density at radius 3 is 2.54 bits per heavy atom. The highest BCUT2D eigenvalue weighted by Gasteiger charge is 2.34. The van der Waals surface area contributed by atoms with Crippen molar-refractivity contribution >= 4 is 39.9 Å². The highest BCUT2D eigenvalue weighted by Crippen LogP contribution is 2.34. The molecule has 0 unspecified atom stereocenters. The standard InChI is InChI=1S/C29H35FN6O3/c1-17-13-21-23(35-11-9-29(6,10-12-35)34-27(38)39-28(3,4)5)8-7-20(24(21)31-17)26(37)33-19-14-22(30)25-32-18(2)15-36(25)16-19/h7-8,13-16,31H,9-12H2,1-6H3,(H,33,37)(H,34,38). The smallest absolute Gasteiger partial charge is 0.408 e. The van der Waals surface area contributed by atoms with Gasteiger partial charge in [0.05, 0.1) is 22.5 Å². The summed E-state index contributed by atoms with van der Waals surface area (Å²) in [6.45, 7) is 12.8. The molecule has 0 radical (unpaired) electrons. The van der Waals surface area contributed by atoms with Crippen molar-refractivity contribution in [2.24, 2.45) is 0 Å². The Kier molecular flexibility index (Phi) is 6.52. The Labute approximate surface area is 226 Å². The van der Waals surface area contributed by atoms with E-state index >= 15 is 0 Å². The van der Waals surface area contributed by atoms with Crippen LogP contribution in [0.1, 0.15) is 62.3 Å². The van der Waals surface area contributed by atoms with Gasteiger partial charge in [0.1, 0.15) is 5.60 Å². The van der Waals surface area contributed by atoms with Gasteiger partial charge in [0.25, 0.3) is 5.91 Å². The molecule has 1 fully saturated rings. The quantitative estimate of drug-likeness (QED) is 0.311. The average molecular weight is 535 g/mol. The van der Waals surface area contributed by atoms with E-state index < -0.39 is 17.5 Å². The Balaban J connectivity index is 1.35. The monoisotopic (exact) mass is 534 g/mol. The van der Waals surface area contributed by atoms with E-state index in [4.69, 9.17) is 4.74 Å². The van der Waals surface area contributed by atoms with E-state index in [1.54, 1.807) is 29.8 Å². The van der Waals surface area contributed by atoms with Crippen molar-refractivity contribution in [3.8, 4) is 0 Å². The van der Waals surface area contributed by atoms with Crippen LogP contribution in [0.25, 0.3) is 16.6 Å². The predicted molar refractivity (Wildman–Crippen MR) is 150 cm³/mol. The number of nitrogens with one attached hydrogen (secondary N) is 3. The molecule has 0 bridgehead atoms. The fraction of sp³-hybridized carbons (Fsp3) is 0.414. The first-order valence-corrected chi connectivity index (χ1v) is 13.1. The summed E-state index contributed by atoms with van der Waals surface area (Å²) in [7, 11) is 0. The maximum absolute atomic E-state index is 14.5. The number of aryl methyl sites for hydroxylation is 2. The number of aromatic amines is 1. The van der Waals surface area contributed by atoms with E-state index in [2.05, 4.69) is 25.5 Å². The SMILES string of the molecule is Cc1cn2cc(NC(=O)c3ccc(N4CCC(C)(NC(=O)OC(C)(C)C)CC4)c4cc(C)[nH]c34)cc(F)c2n1. The second-order valence-electron chi connectivity index (χ2n) is 11.7. The Morgan fingerprint density at radius 1 is 1.13 bits per heavy atom. The van der Waals surface area contributed by atoms with Gasteiger partial charge in [-0.15, -0.1) is 0 Å². The van der Waals surface area contributed by atoms with Crippen molar-refractivity contribution in [3.63, 3.8) is 0 Å². The minimum atomic E-state index is -0.549. The van der Waals surface area contributed by atoms with Crippen LogP contribution in [0.3, 0.4) is 0 Å². The number of halogens is 1. The number of amides is 2. The Bertz CT molecular complexity index is 1570. The number of carbonyl (C=O) groups is 2. The fourth-order valence-corrected chi connectivity index (χ4v) is 5.17. The van der Waals surface area contributed by atoms with Crippen LogP contribution >= 0.6 is 0 Å². The van der Waals surface area contributed by atoms with Crippen LogP contribution in [0.15, 0.2) is 36.7 Å². The molecule has 3 N–H and O–H groups in total. The van der Waals surface area contributed by atoms with E-state index in [0.29, 0.717) is 16.9 Å². The van der Waals surface area contributed by atoms with Gasteiger partial charge in [0, 0.05) is 53.9 Å². The molecule has 4 aromatic rings. The predicted octanol–water partition coefficient (Wildman–Crippen LogP) is 5.71. The molecule has 39 heavy (non-hydrogen) atoms. The van der Waals surface area contributed by atoms with Crippen LogP contribution in [-0.4, -0.2) is 50.6 Å². The number of hydrogen-bond donors (Lipinski definition) is 3. The third-order valence-electron chi connectivity index (χ3n) is 7.05. The molecule has 0 aliphatic carbocycles. The first-order chi connectivity index (χ1) is 18.3. The number of pyridine rings is 1. The van der Waals surface area contributed by atoms with Gasteiger partial charge in [-0.25, -0.2) is 14.2 Å². The van der Waals surface area contributed by atoms with Crippen molar-refractivity contribution in [2.45, 2.75) is 65.5 Å². The number of imidazole rings is 1. The summed E-state index contributed by atoms with van der Waals surface area (Å²) in [5, 5.41) is 6.82. The van der Waals surface area contributed by atoms with Gasteiger partial charge >= 0.3 is 6.09 Å². The minimum Gasteiger partial charge on any atom is -0.444 e. The molecule has 206 valence electrons. The summed E-state index contributed by atoms with van der Waals surface area (Å²) in [5.41, 5.74) is 3.48. The maximum atomic E-state index is 14.5. The topological polar surface area (TPSA) is 104 Å². The van der Waals surface area contributed by atoms with Crippen LogP contribution in [0.2, 0.25) is 0 Å². The van der Waals surface area contributed by atoms with Crippen molar-refractivity contribution < 1.29 is 18.7 Å². The first-order valence-electron chi connectivity index (χ1n) is 13.1. The minimum absolute atomic E-state index is 0.219. The fourth-order valence-electron chi connectivity index (χ4n) is 5.17. The molecule has 0 spiro atoms. The van der Waals surface area contributed by atoms with E-state index in [1.807, 2.05) is 46.8 Å². The molecule has 10 heteroatoms. The number of hydrogen-bond acceptors (Lipinski definition) is 5. The summed E-state index contributed by atoms with van der Waals surface area (Å²) < 4.78 is 21.6. The molecule has 1 saturated heterocycles. The molecule has 5 rings (SSSR count). The van der Waals surface area contributed by atoms with E-state index in [0.717, 1.165) is 48.2 Å². The number of alkyl carbamates (subject to hydrolysis) is 1. The number of aromatic nitrogens is 3. The van der Waals surface area contributed by atoms with Gasteiger partial charge in [-0.1, -0.05) is 0 Å². The van der Waals surface area contributed by atoms with Crippen molar-refractivity contribution in [1.82, 2.24) is 19.7 Å². The molecule has 4 heterocycles. The lowest BCUT2D eigenvalue weighted by Crippen LogP contribution is -2.54. The number of nitrogens with zero attached hydrogens (tertiary/aromatic N) is 3. The van der Waals surface area contributed by atoms with E-state index in [1.165, 1.54) is 6.07 Å². The molecule has 1 aliphatic rings. The second-order valence-corrected chi connectivity index (χ2v) is 11.7. The molecule has 2 amide bonds. The van der Waals surface area contributed by atoms with Gasteiger partial charge in [-0.2, -0.15) is 0 Å². The summed E-state index contributed by atoms with van der Waals surface area (Å²) >= 11 is 0. The molecule has 0 saturated carbocycles. The van der Waals surface area contributed by atoms with Crippen LogP contribution < -0.4 is 15.5 Å². The number of fused-ring (bicyclic) bond motifs is 2. The third kappa shape index (κ3) is 5.55. The number of benzene rings is 1. The van der Waals surface area contributed by atoms with Crippen LogP contribution in [-0.2, 0) is 4.74 Å². The van der Waals surface area contributed by atoms with Gasteiger partial charge in [0.15, 0.2) is 11.5 Å². The van der Waals surface area contributed by atoms with E-state index in [-0.39, 0.29) is 17.1 Å². The number of carbonyl (C=O) groups excluding carboxylic acids is 2. The number of ether oxygens (including phenoxy) is 1. The van der Waals surface area contributed by atoms with Crippen LogP contribution in [0, 0.1) is 19.7 Å². The van der Waals surface area contributed by atoms with Crippen molar-refractivity contribution in [1.29, 1.82) is 0 Å². The second kappa shape index (κ2) is 9.59. The highest BCUT2D eigenvalue weighted by molar-refractivity contribution is 6.14. The molecule has 1 aromatic carbocycles. The highest BCUT2D eigenvalue weighted by atomic mass is 19.1. The normalized spacial score (nSPS) is 15.5. The number of H-pyrrole nitrogens is 1.